The first-order chi connectivity index (χ1) is 13.3. The molecule has 1 N–H and O–H groups in total. The van der Waals surface area contributed by atoms with Crippen LogP contribution >= 0.6 is 11.6 Å². The number of nitrogens with one attached hydrogen (secondary N) is 1. The second-order valence-electron chi connectivity index (χ2n) is 6.44. The Kier molecular flexibility index (Phi) is 5.29. The van der Waals surface area contributed by atoms with Crippen LogP contribution < -0.4 is 14.8 Å². The molecule has 1 heterocycles. The Balaban J connectivity index is 1.87. The van der Waals surface area contributed by atoms with Crippen LogP contribution in [0.3, 0.4) is 0 Å². The number of ketones is 1. The Hall–Kier alpha value is -3.06. The van der Waals surface area contributed by atoms with Gasteiger partial charge in [0.05, 0.1) is 26.3 Å². The van der Waals surface area contributed by atoms with Gasteiger partial charge in [0.25, 0.3) is 5.91 Å². The van der Waals surface area contributed by atoms with Crippen LogP contribution in [-0.2, 0) is 10.3 Å². The highest BCUT2D eigenvalue weighted by Gasteiger charge is 2.49. The number of ether oxygens (including phenoxy) is 2. The Labute approximate surface area is 167 Å². The summed E-state index contributed by atoms with van der Waals surface area (Å²) in [7, 11) is 2.91. The predicted octanol–water partition coefficient (Wildman–Crippen LogP) is 3.01. The third kappa shape index (κ3) is 3.41. The number of Topliss-reactive ketones (excluding diaryl/α,β-unsaturated/α-hetero) is 1. The lowest BCUT2D eigenvalue weighted by atomic mass is 9.92. The fourth-order valence-electron chi connectivity index (χ4n) is 3.08. The lowest BCUT2D eigenvalue weighted by molar-refractivity contribution is -0.130. The van der Waals surface area contributed by atoms with Gasteiger partial charge >= 0.3 is 6.03 Å². The maximum absolute atomic E-state index is 13.0. The highest BCUT2D eigenvalue weighted by molar-refractivity contribution is 6.30. The molecule has 7 nitrogen and oxygen atoms in total. The van der Waals surface area contributed by atoms with E-state index in [-0.39, 0.29) is 5.56 Å². The molecule has 0 spiro atoms. The zero-order valence-electron chi connectivity index (χ0n) is 15.6. The molecular weight excluding hydrogens is 384 g/mol. The van der Waals surface area contributed by atoms with Gasteiger partial charge in [0.15, 0.2) is 5.78 Å². The van der Waals surface area contributed by atoms with Crippen LogP contribution in [0.4, 0.5) is 4.79 Å². The molecule has 0 bridgehead atoms. The van der Waals surface area contributed by atoms with E-state index in [0.29, 0.717) is 22.1 Å². The molecule has 8 heteroatoms. The Morgan fingerprint density at radius 3 is 2.39 bits per heavy atom. The number of nitrogens with zero attached hydrogens (tertiary/aromatic N) is 1. The number of methoxy groups -OCH3 is 2. The summed E-state index contributed by atoms with van der Waals surface area (Å²) in [5.41, 5.74) is -0.479. The van der Waals surface area contributed by atoms with Crippen molar-refractivity contribution in [1.82, 2.24) is 10.2 Å². The van der Waals surface area contributed by atoms with Gasteiger partial charge in [-0.15, -0.1) is 0 Å². The van der Waals surface area contributed by atoms with Crippen LogP contribution in [0, 0.1) is 0 Å². The number of hydrogen-bond donors (Lipinski definition) is 1. The molecule has 0 saturated carbocycles. The molecule has 0 unspecified atom stereocenters. The fourth-order valence-corrected chi connectivity index (χ4v) is 3.21. The van der Waals surface area contributed by atoms with Crippen LogP contribution in [0.5, 0.6) is 11.5 Å². The monoisotopic (exact) mass is 402 g/mol. The van der Waals surface area contributed by atoms with E-state index >= 15 is 0 Å². The normalized spacial score (nSPS) is 18.8. The number of carbonyl (C=O) groups excluding carboxylic acids is 3. The molecule has 1 saturated heterocycles. The Morgan fingerprint density at radius 2 is 1.79 bits per heavy atom. The van der Waals surface area contributed by atoms with Crippen molar-refractivity contribution in [3.8, 4) is 11.5 Å². The van der Waals surface area contributed by atoms with Crippen molar-refractivity contribution in [3.05, 3.63) is 58.6 Å². The Bertz CT molecular complexity index is 944. The molecule has 146 valence electrons. The summed E-state index contributed by atoms with van der Waals surface area (Å²) >= 11 is 5.90. The quantitative estimate of drug-likeness (QED) is 0.593. The first-order valence-electron chi connectivity index (χ1n) is 8.45. The minimum Gasteiger partial charge on any atom is -0.497 e. The van der Waals surface area contributed by atoms with Gasteiger partial charge in [-0.3, -0.25) is 14.5 Å². The van der Waals surface area contributed by atoms with Gasteiger partial charge in [-0.2, -0.15) is 0 Å². The standard InChI is InChI=1S/C20H19ClN2O5/c1-20(12-4-6-13(21)7-5-12)18(25)23(19(26)22-20)11-16(24)15-10-14(27-2)8-9-17(15)28-3/h4-10H,11H2,1-3H3,(H,22,26)/t20-/m1/s1. The lowest BCUT2D eigenvalue weighted by Gasteiger charge is -2.22. The number of amides is 3. The van der Waals surface area contributed by atoms with Gasteiger partial charge < -0.3 is 14.8 Å². The molecule has 1 aliphatic rings. The van der Waals surface area contributed by atoms with E-state index in [0.717, 1.165) is 4.90 Å². The van der Waals surface area contributed by atoms with Crippen molar-refractivity contribution in [2.45, 2.75) is 12.5 Å². The van der Waals surface area contributed by atoms with E-state index < -0.39 is 29.8 Å². The van der Waals surface area contributed by atoms with Crippen LogP contribution in [0.2, 0.25) is 5.02 Å². The topological polar surface area (TPSA) is 84.9 Å². The number of rotatable bonds is 6. The van der Waals surface area contributed by atoms with E-state index in [1.807, 2.05) is 0 Å². The minimum atomic E-state index is -1.28. The molecule has 0 radical (unpaired) electrons. The number of halogens is 1. The summed E-state index contributed by atoms with van der Waals surface area (Å²) in [6.45, 7) is 1.17. The largest absolute Gasteiger partial charge is 0.497 e. The third-order valence-electron chi connectivity index (χ3n) is 4.71. The second-order valence-corrected chi connectivity index (χ2v) is 6.88. The smallest absolute Gasteiger partial charge is 0.325 e. The van der Waals surface area contributed by atoms with Crippen LogP contribution in [-0.4, -0.2) is 43.4 Å². The average molecular weight is 403 g/mol. The van der Waals surface area contributed by atoms with Gasteiger partial charge in [0.2, 0.25) is 0 Å². The molecule has 3 amide bonds. The minimum absolute atomic E-state index is 0.225. The van der Waals surface area contributed by atoms with E-state index in [9.17, 15) is 14.4 Å². The predicted molar refractivity (Wildman–Crippen MR) is 103 cm³/mol. The molecule has 0 aromatic heterocycles. The molecule has 1 atom stereocenters. The molecule has 2 aromatic rings. The molecule has 1 fully saturated rings. The van der Waals surface area contributed by atoms with Crippen LogP contribution in [0.15, 0.2) is 42.5 Å². The number of benzene rings is 2. The first-order valence-corrected chi connectivity index (χ1v) is 8.83. The highest BCUT2D eigenvalue weighted by Crippen LogP contribution is 2.31. The summed E-state index contributed by atoms with van der Waals surface area (Å²) in [5, 5.41) is 3.18. The summed E-state index contributed by atoms with van der Waals surface area (Å²) in [6.07, 6.45) is 0. The zero-order valence-corrected chi connectivity index (χ0v) is 16.4. The van der Waals surface area contributed by atoms with E-state index in [1.54, 1.807) is 43.3 Å². The van der Waals surface area contributed by atoms with Gasteiger partial charge in [0.1, 0.15) is 17.0 Å². The third-order valence-corrected chi connectivity index (χ3v) is 4.96. The highest BCUT2D eigenvalue weighted by atomic mass is 35.5. The van der Waals surface area contributed by atoms with Crippen LogP contribution in [0.1, 0.15) is 22.8 Å². The molecule has 0 aliphatic carbocycles. The van der Waals surface area contributed by atoms with E-state index in [1.165, 1.54) is 20.3 Å². The van der Waals surface area contributed by atoms with Gasteiger partial charge in [-0.05, 0) is 42.8 Å². The molecular formula is C20H19ClN2O5. The van der Waals surface area contributed by atoms with Crippen molar-refractivity contribution in [3.63, 3.8) is 0 Å². The molecule has 28 heavy (non-hydrogen) atoms. The van der Waals surface area contributed by atoms with Crippen molar-refractivity contribution in [1.29, 1.82) is 0 Å². The SMILES string of the molecule is COc1ccc(OC)c(C(=O)CN2C(=O)N[C@](C)(c3ccc(Cl)cc3)C2=O)c1. The lowest BCUT2D eigenvalue weighted by Crippen LogP contribution is -2.41. The second kappa shape index (κ2) is 7.52. The summed E-state index contributed by atoms with van der Waals surface area (Å²) in [4.78, 5) is 39.1. The average Bonchev–Trinajstić information content (AvgIpc) is 2.91. The van der Waals surface area contributed by atoms with Crippen molar-refractivity contribution < 1.29 is 23.9 Å². The van der Waals surface area contributed by atoms with Gasteiger partial charge in [-0.1, -0.05) is 23.7 Å². The summed E-state index contributed by atoms with van der Waals surface area (Å²) in [6, 6.07) is 10.7. The van der Waals surface area contributed by atoms with Gasteiger partial charge in [-0.25, -0.2) is 4.79 Å². The van der Waals surface area contributed by atoms with Crippen molar-refractivity contribution in [2.24, 2.45) is 0 Å². The molecule has 3 rings (SSSR count). The van der Waals surface area contributed by atoms with E-state index in [4.69, 9.17) is 21.1 Å². The van der Waals surface area contributed by atoms with Crippen molar-refractivity contribution in [2.75, 3.05) is 20.8 Å². The number of carbonyl (C=O) groups is 3. The summed E-state index contributed by atoms with van der Waals surface area (Å²) in [5.74, 6) is -0.166. The number of hydrogen-bond acceptors (Lipinski definition) is 5. The van der Waals surface area contributed by atoms with Crippen molar-refractivity contribution >= 4 is 29.3 Å². The number of imide groups is 1. The number of urea groups is 1. The maximum atomic E-state index is 13.0. The maximum Gasteiger partial charge on any atom is 0.325 e. The fraction of sp³-hybridized carbons (Fsp3) is 0.250. The first kappa shape index (κ1) is 19.7. The molecule has 1 aliphatic heterocycles. The molecule has 2 aromatic carbocycles. The Morgan fingerprint density at radius 1 is 1.11 bits per heavy atom. The van der Waals surface area contributed by atoms with E-state index in [2.05, 4.69) is 5.32 Å². The zero-order chi connectivity index (χ0) is 20.5. The summed E-state index contributed by atoms with van der Waals surface area (Å²) < 4.78 is 10.4. The van der Waals surface area contributed by atoms with Crippen LogP contribution in [0.25, 0.3) is 0 Å². The van der Waals surface area contributed by atoms with Gasteiger partial charge in [0, 0.05) is 5.02 Å².